The summed E-state index contributed by atoms with van der Waals surface area (Å²) in [5.74, 6) is 2.55. The molecule has 0 fully saturated rings. The van der Waals surface area contributed by atoms with Gasteiger partial charge in [-0.15, -0.1) is 0 Å². The van der Waals surface area contributed by atoms with Crippen molar-refractivity contribution in [2.75, 3.05) is 7.11 Å². The summed E-state index contributed by atoms with van der Waals surface area (Å²) in [4.78, 5) is 0. The maximum atomic E-state index is 6.32. The van der Waals surface area contributed by atoms with Crippen molar-refractivity contribution in [3.05, 3.63) is 108 Å². The Labute approximate surface area is 178 Å². The number of allylic oxidation sites excluding steroid dienone is 1. The van der Waals surface area contributed by atoms with E-state index in [9.17, 15) is 0 Å². The fourth-order valence-electron chi connectivity index (χ4n) is 3.50. The SMILES string of the molecule is CC/C(=C\c1cc(-c2ccccc2)cc(-c2ccccc2)[o+]1)c1ccc(OC)cc1. The molecular formula is C28H25O2+. The molecule has 0 spiro atoms. The number of ether oxygens (including phenoxy) is 1. The molecule has 0 saturated carbocycles. The van der Waals surface area contributed by atoms with E-state index in [1.807, 2.05) is 36.4 Å². The minimum absolute atomic E-state index is 0.836. The predicted molar refractivity (Wildman–Crippen MR) is 125 cm³/mol. The summed E-state index contributed by atoms with van der Waals surface area (Å²) < 4.78 is 11.6. The number of hydrogen-bond acceptors (Lipinski definition) is 1. The van der Waals surface area contributed by atoms with E-state index in [2.05, 4.69) is 73.7 Å². The third-order valence-corrected chi connectivity index (χ3v) is 5.14. The molecular weight excluding hydrogens is 368 g/mol. The largest absolute Gasteiger partial charge is 0.497 e. The van der Waals surface area contributed by atoms with Crippen LogP contribution >= 0.6 is 0 Å². The molecule has 0 saturated heterocycles. The van der Waals surface area contributed by atoms with E-state index < -0.39 is 0 Å². The second-order valence-corrected chi connectivity index (χ2v) is 7.10. The molecule has 1 heterocycles. The number of rotatable bonds is 6. The Morgan fingerprint density at radius 2 is 1.40 bits per heavy atom. The highest BCUT2D eigenvalue weighted by Crippen LogP contribution is 2.31. The summed E-state index contributed by atoms with van der Waals surface area (Å²) >= 11 is 0. The zero-order chi connectivity index (χ0) is 20.8. The average molecular weight is 394 g/mol. The number of hydrogen-bond donors (Lipinski definition) is 0. The van der Waals surface area contributed by atoms with Crippen LogP contribution < -0.4 is 4.74 Å². The van der Waals surface area contributed by atoms with E-state index in [4.69, 9.17) is 9.15 Å². The van der Waals surface area contributed by atoms with Gasteiger partial charge in [0.25, 0.3) is 0 Å². The van der Waals surface area contributed by atoms with Gasteiger partial charge < -0.3 is 4.74 Å². The van der Waals surface area contributed by atoms with Crippen LogP contribution in [0.25, 0.3) is 34.1 Å². The van der Waals surface area contributed by atoms with Gasteiger partial charge in [0.2, 0.25) is 0 Å². The van der Waals surface area contributed by atoms with Crippen LogP contribution in [-0.4, -0.2) is 7.11 Å². The second-order valence-electron chi connectivity index (χ2n) is 7.10. The summed E-state index contributed by atoms with van der Waals surface area (Å²) in [5.41, 5.74) is 5.75. The second kappa shape index (κ2) is 9.23. The van der Waals surface area contributed by atoms with E-state index in [0.717, 1.165) is 34.8 Å². The van der Waals surface area contributed by atoms with Crippen LogP contribution in [0.15, 0.2) is 101 Å². The van der Waals surface area contributed by atoms with Gasteiger partial charge in [-0.3, -0.25) is 0 Å². The van der Waals surface area contributed by atoms with Crippen LogP contribution in [-0.2, 0) is 0 Å². The van der Waals surface area contributed by atoms with Crippen molar-refractivity contribution in [1.82, 2.24) is 0 Å². The highest BCUT2D eigenvalue weighted by Gasteiger charge is 2.18. The first-order valence-electron chi connectivity index (χ1n) is 10.2. The Hall–Kier alpha value is -3.65. The third-order valence-electron chi connectivity index (χ3n) is 5.14. The minimum atomic E-state index is 0.836. The number of methoxy groups -OCH3 is 1. The van der Waals surface area contributed by atoms with Gasteiger partial charge in [-0.1, -0.05) is 67.6 Å². The van der Waals surface area contributed by atoms with Gasteiger partial charge in [0, 0.05) is 11.6 Å². The van der Waals surface area contributed by atoms with Crippen LogP contribution in [0.2, 0.25) is 0 Å². The van der Waals surface area contributed by atoms with Crippen LogP contribution in [0.3, 0.4) is 0 Å². The highest BCUT2D eigenvalue weighted by atomic mass is 16.5. The lowest BCUT2D eigenvalue weighted by Crippen LogP contribution is -1.88. The van der Waals surface area contributed by atoms with Gasteiger partial charge in [0.1, 0.15) is 5.75 Å². The Bertz CT molecular complexity index is 1070. The highest BCUT2D eigenvalue weighted by molar-refractivity contribution is 5.82. The molecule has 30 heavy (non-hydrogen) atoms. The van der Waals surface area contributed by atoms with E-state index in [-0.39, 0.29) is 0 Å². The summed E-state index contributed by atoms with van der Waals surface area (Å²) in [6, 6.07) is 33.0. The van der Waals surface area contributed by atoms with Gasteiger partial charge in [-0.05, 0) is 47.4 Å². The van der Waals surface area contributed by atoms with E-state index in [0.29, 0.717) is 0 Å². The molecule has 0 N–H and O–H groups in total. The lowest BCUT2D eigenvalue weighted by Gasteiger charge is -2.06. The Morgan fingerprint density at radius 1 is 0.767 bits per heavy atom. The molecule has 3 aromatic carbocycles. The standard InChI is InChI=1S/C28H25O2/c1-3-21(23-14-16-26(29-2)17-15-23)18-27-19-25(22-10-6-4-7-11-22)20-28(30-27)24-12-8-5-9-13-24/h4-20H,3H2,1-2H3/q+1/b21-18+. The van der Waals surface area contributed by atoms with Crippen LogP contribution in [0.4, 0.5) is 0 Å². The molecule has 0 aliphatic heterocycles. The first-order valence-corrected chi connectivity index (χ1v) is 10.2. The fourth-order valence-corrected chi connectivity index (χ4v) is 3.50. The molecule has 0 bridgehead atoms. The minimum Gasteiger partial charge on any atom is -0.497 e. The summed E-state index contributed by atoms with van der Waals surface area (Å²) in [6.07, 6.45) is 3.04. The summed E-state index contributed by atoms with van der Waals surface area (Å²) in [5, 5.41) is 0. The Morgan fingerprint density at radius 3 is 2.00 bits per heavy atom. The summed E-state index contributed by atoms with van der Waals surface area (Å²) in [6.45, 7) is 2.16. The summed E-state index contributed by atoms with van der Waals surface area (Å²) in [7, 11) is 1.69. The first kappa shape index (κ1) is 19.7. The zero-order valence-corrected chi connectivity index (χ0v) is 17.3. The van der Waals surface area contributed by atoms with E-state index in [1.165, 1.54) is 16.7 Å². The monoisotopic (exact) mass is 393 g/mol. The van der Waals surface area contributed by atoms with Crippen molar-refractivity contribution in [3.63, 3.8) is 0 Å². The van der Waals surface area contributed by atoms with Crippen molar-refractivity contribution < 1.29 is 9.15 Å². The smallest absolute Gasteiger partial charge is 0.361 e. The number of benzene rings is 3. The fraction of sp³-hybridized carbons (Fsp3) is 0.107. The maximum absolute atomic E-state index is 6.32. The van der Waals surface area contributed by atoms with E-state index >= 15 is 0 Å². The molecule has 0 aliphatic rings. The van der Waals surface area contributed by atoms with Crippen LogP contribution in [0.1, 0.15) is 24.7 Å². The molecule has 1 aromatic heterocycles. The molecule has 4 rings (SSSR count). The van der Waals surface area contributed by atoms with Gasteiger partial charge >= 0.3 is 11.5 Å². The Kier molecular flexibility index (Phi) is 6.05. The molecule has 0 radical (unpaired) electrons. The molecule has 0 unspecified atom stereocenters. The maximum Gasteiger partial charge on any atom is 0.361 e. The van der Waals surface area contributed by atoms with Crippen LogP contribution in [0, 0.1) is 0 Å². The lowest BCUT2D eigenvalue weighted by molar-refractivity contribution is 0.415. The topological polar surface area (TPSA) is 20.5 Å². The normalized spacial score (nSPS) is 11.3. The average Bonchev–Trinajstić information content (AvgIpc) is 2.83. The molecule has 2 nitrogen and oxygen atoms in total. The van der Waals surface area contributed by atoms with E-state index in [1.54, 1.807) is 7.11 Å². The quantitative estimate of drug-likeness (QED) is 0.311. The molecule has 0 aliphatic carbocycles. The third kappa shape index (κ3) is 4.49. The van der Waals surface area contributed by atoms with Gasteiger partial charge in [0.15, 0.2) is 0 Å². The Balaban J connectivity index is 1.82. The van der Waals surface area contributed by atoms with Crippen molar-refractivity contribution in [3.8, 4) is 28.2 Å². The van der Waals surface area contributed by atoms with Gasteiger partial charge in [-0.25, -0.2) is 4.42 Å². The lowest BCUT2D eigenvalue weighted by atomic mass is 10.00. The van der Waals surface area contributed by atoms with Crippen molar-refractivity contribution in [2.24, 2.45) is 0 Å². The molecule has 0 atom stereocenters. The van der Waals surface area contributed by atoms with Crippen LogP contribution in [0.5, 0.6) is 5.75 Å². The van der Waals surface area contributed by atoms with Gasteiger partial charge in [-0.2, -0.15) is 0 Å². The van der Waals surface area contributed by atoms with Gasteiger partial charge in [0.05, 0.1) is 24.8 Å². The first-order chi connectivity index (χ1) is 14.8. The van der Waals surface area contributed by atoms with Crippen molar-refractivity contribution in [2.45, 2.75) is 13.3 Å². The molecule has 148 valence electrons. The van der Waals surface area contributed by atoms with Crippen molar-refractivity contribution >= 4 is 11.6 Å². The molecule has 0 amide bonds. The van der Waals surface area contributed by atoms with Crippen molar-refractivity contribution in [1.29, 1.82) is 0 Å². The zero-order valence-electron chi connectivity index (χ0n) is 17.3. The molecule has 2 heteroatoms. The predicted octanol–water partition coefficient (Wildman–Crippen LogP) is 7.85. The molecule has 4 aromatic rings.